The molecule has 1 aromatic heterocycles. The van der Waals surface area contributed by atoms with Crippen LogP contribution in [-0.4, -0.2) is 23.9 Å². The molecule has 0 saturated heterocycles. The zero-order chi connectivity index (χ0) is 14.3. The summed E-state index contributed by atoms with van der Waals surface area (Å²) in [6, 6.07) is 0. The summed E-state index contributed by atoms with van der Waals surface area (Å²) in [6.45, 7) is 4.74. The van der Waals surface area contributed by atoms with Crippen molar-refractivity contribution in [1.82, 2.24) is 4.98 Å². The Hall–Kier alpha value is -1.12. The maximum Gasteiger partial charge on any atom is 0.439 e. The van der Waals surface area contributed by atoms with E-state index in [1.165, 1.54) is 6.20 Å². The monoisotopic (exact) mass is 314 g/mol. The molecule has 2 N–H and O–H groups in total. The molecule has 0 spiro atoms. The highest BCUT2D eigenvalue weighted by atomic mass is 35.5. The van der Waals surface area contributed by atoms with Crippen LogP contribution in [0.5, 0.6) is 0 Å². The Bertz CT molecular complexity index is 494. The number of H-pyrrole nitrogens is 1. The van der Waals surface area contributed by atoms with Crippen LogP contribution in [0.1, 0.15) is 38.2 Å². The molecule has 0 radical (unpaired) electrons. The molecule has 0 saturated carbocycles. The van der Waals surface area contributed by atoms with Crippen LogP contribution >= 0.6 is 12.4 Å². The number of aromatic amines is 1. The summed E-state index contributed by atoms with van der Waals surface area (Å²) < 4.78 is 31.6. The predicted molar refractivity (Wildman–Crippen MR) is 69.2 cm³/mol. The Balaban J connectivity index is 0. The number of aliphatic carboxylic acids is 1. The zero-order valence-electron chi connectivity index (χ0n) is 11.0. The molecule has 0 fully saturated rings. The minimum absolute atomic E-state index is 0. The lowest BCUT2D eigenvalue weighted by Crippen LogP contribution is -2.44. The standard InChI is InChI=1S/C8H14N2O3S.C2H4O2.ClH/c1-3-4-5-8-9-7(2)6-10(8)14(11,12)13;1-2(3)4;/h6H,3-5H2,1-2H3,(H,11,12,13);1H3,(H,3,4);1H. The van der Waals surface area contributed by atoms with Gasteiger partial charge in [0.2, 0.25) is 0 Å². The molecule has 0 aromatic carbocycles. The van der Waals surface area contributed by atoms with Crippen LogP contribution in [0.2, 0.25) is 0 Å². The number of hydrogen-bond donors (Lipinski definition) is 2. The van der Waals surface area contributed by atoms with Crippen molar-refractivity contribution in [1.29, 1.82) is 0 Å². The molecule has 0 bridgehead atoms. The van der Waals surface area contributed by atoms with Crippen molar-refractivity contribution in [3.05, 3.63) is 17.7 Å². The topological polar surface area (TPSA) is 114 Å². The number of rotatable bonds is 4. The SMILES string of the molecule is CC(=O)[O-].CCCCc1[nH]c(C)c[n+]1S(=O)(=O)O.Cl. The van der Waals surface area contributed by atoms with Gasteiger partial charge in [-0.05, 0) is 13.3 Å². The van der Waals surface area contributed by atoms with Gasteiger partial charge in [-0.15, -0.1) is 12.4 Å². The molecular weight excluding hydrogens is 296 g/mol. The average molecular weight is 315 g/mol. The van der Waals surface area contributed by atoms with Crippen molar-refractivity contribution >= 4 is 28.7 Å². The molecule has 19 heavy (non-hydrogen) atoms. The molecule has 9 heteroatoms. The lowest BCUT2D eigenvalue weighted by Gasteiger charge is -1.94. The van der Waals surface area contributed by atoms with Gasteiger partial charge in [0.15, 0.2) is 6.20 Å². The Kier molecular flexibility index (Phi) is 9.45. The van der Waals surface area contributed by atoms with Crippen LogP contribution in [0.25, 0.3) is 0 Å². The van der Waals surface area contributed by atoms with E-state index in [0.29, 0.717) is 17.9 Å². The van der Waals surface area contributed by atoms with Gasteiger partial charge < -0.3 is 9.90 Å². The molecule has 0 atom stereocenters. The molecule has 0 unspecified atom stereocenters. The van der Waals surface area contributed by atoms with Gasteiger partial charge in [-0.3, -0.25) is 4.55 Å². The zero-order valence-corrected chi connectivity index (χ0v) is 12.7. The highest BCUT2D eigenvalue weighted by Gasteiger charge is 2.22. The number of carbonyl (C=O) groups excluding carboxylic acids is 1. The number of carbonyl (C=O) groups is 1. The summed E-state index contributed by atoms with van der Waals surface area (Å²) in [5, 5.41) is 8.89. The number of halogens is 1. The van der Waals surface area contributed by atoms with Gasteiger partial charge in [0, 0.05) is 12.9 Å². The number of nitrogens with zero attached hydrogens (tertiary/aromatic N) is 1. The van der Waals surface area contributed by atoms with Crippen molar-refractivity contribution < 1.29 is 26.8 Å². The predicted octanol–water partition coefficient (Wildman–Crippen LogP) is -0.218. The van der Waals surface area contributed by atoms with Crippen molar-refractivity contribution in [2.75, 3.05) is 0 Å². The van der Waals surface area contributed by atoms with Gasteiger partial charge in [-0.2, -0.15) is 8.42 Å². The Labute approximate surface area is 119 Å². The number of carboxylic acids is 1. The van der Waals surface area contributed by atoms with Crippen LogP contribution < -0.4 is 9.08 Å². The summed E-state index contributed by atoms with van der Waals surface area (Å²) in [6.07, 6.45) is 3.85. The highest BCUT2D eigenvalue weighted by Crippen LogP contribution is 2.00. The first kappa shape index (κ1) is 20.2. The van der Waals surface area contributed by atoms with Crippen LogP contribution in [0.15, 0.2) is 6.20 Å². The van der Waals surface area contributed by atoms with Crippen LogP contribution in [0.3, 0.4) is 0 Å². The second-order valence-electron chi connectivity index (χ2n) is 3.75. The van der Waals surface area contributed by atoms with E-state index in [1.54, 1.807) is 6.92 Å². The fourth-order valence-corrected chi connectivity index (χ4v) is 2.00. The number of aromatic nitrogens is 2. The summed E-state index contributed by atoms with van der Waals surface area (Å²) >= 11 is 0. The summed E-state index contributed by atoms with van der Waals surface area (Å²) in [5.41, 5.74) is 0.716. The van der Waals surface area contributed by atoms with E-state index in [-0.39, 0.29) is 12.4 Å². The molecule has 1 aromatic rings. The number of hydrogen-bond acceptors (Lipinski definition) is 4. The molecule has 0 aliphatic heterocycles. The molecule has 1 heterocycles. The molecular formula is C10H19ClN2O5S. The minimum atomic E-state index is -4.16. The summed E-state index contributed by atoms with van der Waals surface area (Å²) in [5.74, 6) is -0.563. The van der Waals surface area contributed by atoms with E-state index in [1.807, 2.05) is 6.92 Å². The summed E-state index contributed by atoms with van der Waals surface area (Å²) in [4.78, 5) is 11.8. The molecule has 0 amide bonds. The second kappa shape index (κ2) is 8.89. The number of aryl methyl sites for hydroxylation is 2. The highest BCUT2D eigenvalue weighted by molar-refractivity contribution is 7.79. The van der Waals surface area contributed by atoms with Crippen molar-refractivity contribution in [3.63, 3.8) is 0 Å². The van der Waals surface area contributed by atoms with Crippen LogP contribution in [-0.2, 0) is 21.5 Å². The molecule has 112 valence electrons. The van der Waals surface area contributed by atoms with Gasteiger partial charge in [0.05, 0.1) is 6.42 Å². The van der Waals surface area contributed by atoms with Gasteiger partial charge in [0.1, 0.15) is 5.69 Å². The minimum Gasteiger partial charge on any atom is -0.550 e. The third-order valence-electron chi connectivity index (χ3n) is 1.93. The smallest absolute Gasteiger partial charge is 0.439 e. The third kappa shape index (κ3) is 8.57. The number of carboxylic acid groups (broad SMARTS) is 1. The Morgan fingerprint density at radius 3 is 2.37 bits per heavy atom. The van der Waals surface area contributed by atoms with E-state index in [9.17, 15) is 8.42 Å². The van der Waals surface area contributed by atoms with Crippen LogP contribution in [0, 0.1) is 6.92 Å². The Morgan fingerprint density at radius 1 is 1.53 bits per heavy atom. The fourth-order valence-electron chi connectivity index (χ4n) is 1.29. The van der Waals surface area contributed by atoms with E-state index in [4.69, 9.17) is 14.5 Å². The van der Waals surface area contributed by atoms with Crippen molar-refractivity contribution in [2.45, 2.75) is 40.0 Å². The summed E-state index contributed by atoms with van der Waals surface area (Å²) in [7, 11) is -4.16. The van der Waals surface area contributed by atoms with E-state index in [0.717, 1.165) is 23.7 Å². The quantitative estimate of drug-likeness (QED) is 0.589. The van der Waals surface area contributed by atoms with Crippen LogP contribution in [0.4, 0.5) is 0 Å². The average Bonchev–Trinajstić information content (AvgIpc) is 2.55. The first-order valence-corrected chi connectivity index (χ1v) is 6.83. The number of unbranched alkanes of at least 4 members (excludes halogenated alkanes) is 1. The molecule has 0 aliphatic rings. The lowest BCUT2D eigenvalue weighted by molar-refractivity contribution is -0.527. The number of imidazole rings is 1. The largest absolute Gasteiger partial charge is 0.550 e. The fraction of sp³-hybridized carbons (Fsp3) is 0.600. The normalized spacial score (nSPS) is 10.1. The maximum atomic E-state index is 10.9. The Morgan fingerprint density at radius 2 is 2.00 bits per heavy atom. The van der Waals surface area contributed by atoms with Gasteiger partial charge in [-0.1, -0.05) is 17.3 Å². The second-order valence-corrected chi connectivity index (χ2v) is 5.04. The molecule has 7 nitrogen and oxygen atoms in total. The molecule has 0 aliphatic carbocycles. The number of nitrogens with one attached hydrogen (secondary N) is 1. The van der Waals surface area contributed by atoms with Gasteiger partial charge >= 0.3 is 10.3 Å². The lowest BCUT2D eigenvalue weighted by atomic mass is 10.2. The maximum absolute atomic E-state index is 10.9. The van der Waals surface area contributed by atoms with E-state index < -0.39 is 16.3 Å². The first-order valence-electron chi connectivity index (χ1n) is 5.44. The van der Waals surface area contributed by atoms with Gasteiger partial charge in [0.25, 0.3) is 5.82 Å². The first-order chi connectivity index (χ1) is 8.18. The van der Waals surface area contributed by atoms with Gasteiger partial charge in [-0.25, -0.2) is 4.98 Å². The van der Waals surface area contributed by atoms with E-state index in [2.05, 4.69) is 4.98 Å². The van der Waals surface area contributed by atoms with Crippen molar-refractivity contribution in [3.8, 4) is 0 Å². The molecule has 1 rings (SSSR count). The van der Waals surface area contributed by atoms with E-state index >= 15 is 0 Å². The van der Waals surface area contributed by atoms with Crippen molar-refractivity contribution in [2.24, 2.45) is 0 Å². The third-order valence-corrected chi connectivity index (χ3v) is 2.76.